The van der Waals surface area contributed by atoms with Crippen LogP contribution in [0.15, 0.2) is 53.4 Å². The number of hydrogen-bond donors (Lipinski definition) is 1. The number of carbonyl (C=O) groups excluding carboxylic acids is 2. The number of carboxylic acids is 1. The van der Waals surface area contributed by atoms with Gasteiger partial charge in [-0.05, 0) is 60.7 Å². The summed E-state index contributed by atoms with van der Waals surface area (Å²) in [6.45, 7) is 1.36. The Hall–Kier alpha value is -3.27. The smallest absolute Gasteiger partial charge is 0.416 e. The first-order valence-corrected chi connectivity index (χ1v) is 9.32. The van der Waals surface area contributed by atoms with Crippen LogP contribution in [0.4, 0.5) is 23.7 Å². The summed E-state index contributed by atoms with van der Waals surface area (Å²) in [7, 11) is 0. The van der Waals surface area contributed by atoms with Crippen LogP contribution in [0.3, 0.4) is 0 Å². The Morgan fingerprint density at radius 2 is 1.87 bits per heavy atom. The van der Waals surface area contributed by atoms with Crippen molar-refractivity contribution in [2.45, 2.75) is 19.2 Å². The molecular formula is C20H14F3NO5S. The Morgan fingerprint density at radius 3 is 2.53 bits per heavy atom. The zero-order valence-electron chi connectivity index (χ0n) is 15.3. The number of hydrogen-bond acceptors (Lipinski definition) is 5. The van der Waals surface area contributed by atoms with Crippen molar-refractivity contribution in [3.05, 3.63) is 64.6 Å². The van der Waals surface area contributed by atoms with Crippen LogP contribution >= 0.6 is 11.8 Å². The average Bonchev–Trinajstić information content (AvgIpc) is 2.94. The first-order valence-electron chi connectivity index (χ1n) is 8.51. The zero-order chi connectivity index (χ0) is 22.1. The van der Waals surface area contributed by atoms with Gasteiger partial charge in [0.05, 0.1) is 16.2 Å². The molecule has 1 saturated heterocycles. The highest BCUT2D eigenvalue weighted by Crippen LogP contribution is 2.38. The second kappa shape index (κ2) is 8.23. The second-order valence-electron chi connectivity index (χ2n) is 6.24. The molecule has 2 amide bonds. The van der Waals surface area contributed by atoms with E-state index in [0.717, 1.165) is 18.2 Å². The van der Waals surface area contributed by atoms with Crippen molar-refractivity contribution >= 4 is 40.6 Å². The number of rotatable bonds is 5. The molecule has 10 heteroatoms. The molecule has 1 fully saturated rings. The molecule has 1 unspecified atom stereocenters. The maximum absolute atomic E-state index is 12.9. The van der Waals surface area contributed by atoms with Gasteiger partial charge in [0.25, 0.3) is 11.1 Å². The third kappa shape index (κ3) is 4.65. The van der Waals surface area contributed by atoms with Gasteiger partial charge < -0.3 is 9.84 Å². The molecule has 1 aliphatic rings. The number of halogens is 3. The lowest BCUT2D eigenvalue weighted by molar-refractivity contribution is -0.144. The summed E-state index contributed by atoms with van der Waals surface area (Å²) in [5, 5.41) is 8.19. The second-order valence-corrected chi connectivity index (χ2v) is 7.23. The Kier molecular flexibility index (Phi) is 5.88. The molecule has 2 aromatic rings. The molecule has 1 atom stereocenters. The van der Waals surface area contributed by atoms with E-state index in [9.17, 15) is 27.6 Å². The molecular weight excluding hydrogens is 423 g/mol. The van der Waals surface area contributed by atoms with Crippen LogP contribution in [-0.2, 0) is 15.8 Å². The maximum atomic E-state index is 12.9. The third-order valence-corrected chi connectivity index (χ3v) is 4.91. The van der Waals surface area contributed by atoms with Crippen molar-refractivity contribution in [1.29, 1.82) is 0 Å². The quantitative estimate of drug-likeness (QED) is 0.677. The van der Waals surface area contributed by atoms with E-state index in [1.807, 2.05) is 0 Å². The van der Waals surface area contributed by atoms with Crippen LogP contribution in [0.5, 0.6) is 5.75 Å². The van der Waals surface area contributed by atoms with Gasteiger partial charge in [-0.3, -0.25) is 9.59 Å². The maximum Gasteiger partial charge on any atom is 0.416 e. The highest BCUT2D eigenvalue weighted by atomic mass is 32.2. The Morgan fingerprint density at radius 1 is 1.17 bits per heavy atom. The molecule has 0 radical (unpaired) electrons. The number of anilines is 1. The summed E-state index contributed by atoms with van der Waals surface area (Å²) in [5.74, 6) is -1.66. The Bertz CT molecular complexity index is 1050. The molecule has 3 rings (SSSR count). The van der Waals surface area contributed by atoms with Crippen molar-refractivity contribution in [3.8, 4) is 5.75 Å². The van der Waals surface area contributed by atoms with Gasteiger partial charge in [-0.2, -0.15) is 13.2 Å². The molecule has 1 heterocycles. The van der Waals surface area contributed by atoms with Crippen LogP contribution in [0.25, 0.3) is 6.08 Å². The lowest BCUT2D eigenvalue weighted by Crippen LogP contribution is -2.28. The first kappa shape index (κ1) is 21.4. The van der Waals surface area contributed by atoms with Crippen LogP contribution in [0, 0.1) is 0 Å². The molecule has 6 nitrogen and oxygen atoms in total. The minimum atomic E-state index is -4.61. The Labute approximate surface area is 172 Å². The predicted molar refractivity (Wildman–Crippen MR) is 104 cm³/mol. The van der Waals surface area contributed by atoms with Crippen LogP contribution < -0.4 is 9.64 Å². The fourth-order valence-corrected chi connectivity index (χ4v) is 3.44. The largest absolute Gasteiger partial charge is 0.479 e. The zero-order valence-corrected chi connectivity index (χ0v) is 16.2. The van der Waals surface area contributed by atoms with E-state index in [1.54, 1.807) is 12.1 Å². The molecule has 0 aliphatic carbocycles. The van der Waals surface area contributed by atoms with Gasteiger partial charge in [-0.25, -0.2) is 9.69 Å². The molecule has 156 valence electrons. The Balaban J connectivity index is 1.86. The average molecular weight is 437 g/mol. The van der Waals surface area contributed by atoms with E-state index in [1.165, 1.54) is 31.2 Å². The van der Waals surface area contributed by atoms with E-state index in [4.69, 9.17) is 9.84 Å². The van der Waals surface area contributed by atoms with Crippen LogP contribution in [0.1, 0.15) is 18.1 Å². The number of aliphatic carboxylic acids is 1. The minimum Gasteiger partial charge on any atom is -0.479 e. The number of carboxylic acid groups (broad SMARTS) is 1. The number of ether oxygens (including phenoxy) is 1. The summed E-state index contributed by atoms with van der Waals surface area (Å²) in [5.41, 5.74) is -0.692. The molecule has 2 aromatic carbocycles. The van der Waals surface area contributed by atoms with Crippen molar-refractivity contribution in [2.75, 3.05) is 4.90 Å². The van der Waals surface area contributed by atoms with Gasteiger partial charge >= 0.3 is 12.1 Å². The summed E-state index contributed by atoms with van der Waals surface area (Å²) in [6, 6.07) is 10.2. The van der Waals surface area contributed by atoms with Crippen molar-refractivity contribution in [1.82, 2.24) is 0 Å². The van der Waals surface area contributed by atoms with Crippen molar-refractivity contribution < 1.29 is 37.4 Å². The van der Waals surface area contributed by atoms with E-state index in [-0.39, 0.29) is 16.3 Å². The van der Waals surface area contributed by atoms with Crippen molar-refractivity contribution in [3.63, 3.8) is 0 Å². The van der Waals surface area contributed by atoms with E-state index in [2.05, 4.69) is 0 Å². The van der Waals surface area contributed by atoms with Gasteiger partial charge in [0.2, 0.25) is 0 Å². The molecule has 0 aromatic heterocycles. The fourth-order valence-electron chi connectivity index (χ4n) is 2.60. The number of alkyl halides is 3. The molecule has 0 bridgehead atoms. The molecule has 0 saturated carbocycles. The number of amides is 2. The van der Waals surface area contributed by atoms with E-state index >= 15 is 0 Å². The molecule has 1 aliphatic heterocycles. The number of imide groups is 1. The highest BCUT2D eigenvalue weighted by molar-refractivity contribution is 8.19. The van der Waals surface area contributed by atoms with Crippen LogP contribution in [0.2, 0.25) is 0 Å². The first-order chi connectivity index (χ1) is 14.1. The normalized spacial score (nSPS) is 16.8. The van der Waals surface area contributed by atoms with Gasteiger partial charge in [-0.15, -0.1) is 0 Å². The number of thioether (sulfide) groups is 1. The highest BCUT2D eigenvalue weighted by Gasteiger charge is 2.38. The standard InChI is InChI=1S/C20H14F3NO5S/c1-11(18(26)27)29-15-7-2-4-12(8-15)9-16-17(25)24(19(28)30-16)14-6-3-5-13(10-14)20(21,22)23/h2-11H,1H3,(H,26,27)/b16-9+. The van der Waals surface area contributed by atoms with Crippen LogP contribution in [-0.4, -0.2) is 28.3 Å². The predicted octanol–water partition coefficient (Wildman–Crippen LogP) is 4.80. The summed E-state index contributed by atoms with van der Waals surface area (Å²) in [6.07, 6.45) is -4.31. The molecule has 30 heavy (non-hydrogen) atoms. The monoisotopic (exact) mass is 437 g/mol. The number of benzene rings is 2. The third-order valence-electron chi connectivity index (χ3n) is 4.04. The summed E-state index contributed by atoms with van der Waals surface area (Å²) in [4.78, 5) is 36.5. The van der Waals surface area contributed by atoms with E-state index < -0.39 is 35.0 Å². The summed E-state index contributed by atoms with van der Waals surface area (Å²) >= 11 is 0.592. The van der Waals surface area contributed by atoms with E-state index in [0.29, 0.717) is 22.2 Å². The van der Waals surface area contributed by atoms with Crippen molar-refractivity contribution in [2.24, 2.45) is 0 Å². The summed E-state index contributed by atoms with van der Waals surface area (Å²) < 4.78 is 44.1. The molecule has 1 N–H and O–H groups in total. The van der Waals surface area contributed by atoms with Gasteiger partial charge in [0, 0.05) is 0 Å². The SMILES string of the molecule is CC(Oc1cccc(/C=C2/SC(=O)N(c3cccc(C(F)(F)F)c3)C2=O)c1)C(=O)O. The molecule has 0 spiro atoms. The topological polar surface area (TPSA) is 83.9 Å². The number of carbonyl (C=O) groups is 3. The minimum absolute atomic E-state index is 0.0147. The lowest BCUT2D eigenvalue weighted by Gasteiger charge is -2.15. The van der Waals surface area contributed by atoms with Gasteiger partial charge in [0.1, 0.15) is 5.75 Å². The van der Waals surface area contributed by atoms with Gasteiger partial charge in [0.15, 0.2) is 6.10 Å². The number of nitrogens with zero attached hydrogens (tertiary/aromatic N) is 1. The van der Waals surface area contributed by atoms with Gasteiger partial charge in [-0.1, -0.05) is 18.2 Å². The lowest BCUT2D eigenvalue weighted by atomic mass is 10.1. The fraction of sp³-hybridized carbons (Fsp3) is 0.150.